The lowest BCUT2D eigenvalue weighted by Crippen LogP contribution is -2.43. The molecule has 2 aromatic rings. The lowest BCUT2D eigenvalue weighted by atomic mass is 10.3. The van der Waals surface area contributed by atoms with E-state index in [4.69, 9.17) is 4.74 Å². The Balaban J connectivity index is 1.86. The molecule has 0 aliphatic heterocycles. The normalized spacial score (nSPS) is 10.8. The molecule has 148 valence electrons. The minimum Gasteiger partial charge on any atom is -0.484 e. The number of nitrogens with zero attached hydrogens (tertiary/aromatic N) is 1. The maximum atomic E-state index is 12.1. The van der Waals surface area contributed by atoms with Crippen molar-refractivity contribution in [2.24, 2.45) is 0 Å². The molecule has 0 fully saturated rings. The van der Waals surface area contributed by atoms with Gasteiger partial charge >= 0.3 is 0 Å². The van der Waals surface area contributed by atoms with Gasteiger partial charge in [0.1, 0.15) is 5.75 Å². The van der Waals surface area contributed by atoms with Crippen molar-refractivity contribution in [1.29, 1.82) is 0 Å². The van der Waals surface area contributed by atoms with Gasteiger partial charge in [0.15, 0.2) is 6.61 Å². The van der Waals surface area contributed by atoms with Gasteiger partial charge in [-0.25, -0.2) is 8.42 Å². The Hall–Kier alpha value is -3.51. The van der Waals surface area contributed by atoms with Gasteiger partial charge in [-0.05, 0) is 36.4 Å². The van der Waals surface area contributed by atoms with Crippen LogP contribution in [0.1, 0.15) is 6.92 Å². The zero-order valence-electron chi connectivity index (χ0n) is 14.5. The van der Waals surface area contributed by atoms with Crippen molar-refractivity contribution in [3.8, 4) is 5.75 Å². The zero-order chi connectivity index (χ0) is 20.7. The van der Waals surface area contributed by atoms with Gasteiger partial charge in [0.2, 0.25) is 5.91 Å². The summed E-state index contributed by atoms with van der Waals surface area (Å²) in [6, 6.07) is 10.4. The second-order valence-corrected chi connectivity index (χ2v) is 7.08. The maximum absolute atomic E-state index is 12.1. The fourth-order valence-corrected chi connectivity index (χ4v) is 2.81. The van der Waals surface area contributed by atoms with E-state index in [9.17, 15) is 28.1 Å². The number of hydrogen-bond donors (Lipinski definition) is 3. The molecule has 0 atom stereocenters. The first-order valence-corrected chi connectivity index (χ1v) is 9.21. The molecule has 2 rings (SSSR count). The molecule has 11 nitrogen and oxygen atoms in total. The van der Waals surface area contributed by atoms with Crippen LogP contribution in [0.4, 0.5) is 11.4 Å². The van der Waals surface area contributed by atoms with Crippen LogP contribution < -0.4 is 20.3 Å². The van der Waals surface area contributed by atoms with Crippen LogP contribution in [0.3, 0.4) is 0 Å². The van der Waals surface area contributed by atoms with Gasteiger partial charge in [0, 0.05) is 24.7 Å². The fraction of sp³-hybridized carbons (Fsp3) is 0.125. The number of carbonyl (C=O) groups is 2. The van der Waals surface area contributed by atoms with E-state index < -0.39 is 27.5 Å². The van der Waals surface area contributed by atoms with Crippen molar-refractivity contribution in [1.82, 2.24) is 10.3 Å². The van der Waals surface area contributed by atoms with Gasteiger partial charge in [-0.3, -0.25) is 25.1 Å². The molecule has 0 aliphatic carbocycles. The maximum Gasteiger partial charge on any atom is 0.272 e. The highest BCUT2D eigenvalue weighted by Crippen LogP contribution is 2.17. The third-order valence-electron chi connectivity index (χ3n) is 3.23. The predicted octanol–water partition coefficient (Wildman–Crippen LogP) is 0.942. The molecule has 0 radical (unpaired) electrons. The summed E-state index contributed by atoms with van der Waals surface area (Å²) in [5.74, 6) is -0.872. The second-order valence-electron chi connectivity index (χ2n) is 5.40. The molecular weight excluding hydrogens is 392 g/mol. The first-order valence-electron chi connectivity index (χ1n) is 7.73. The van der Waals surface area contributed by atoms with E-state index in [1.807, 2.05) is 10.3 Å². The highest BCUT2D eigenvalue weighted by atomic mass is 32.2. The molecule has 0 aromatic heterocycles. The molecule has 2 aromatic carbocycles. The number of hydrazine groups is 1. The smallest absolute Gasteiger partial charge is 0.272 e. The number of nitro benzene ring substituents is 1. The Kier molecular flexibility index (Phi) is 6.63. The van der Waals surface area contributed by atoms with Gasteiger partial charge in [0.25, 0.3) is 21.6 Å². The van der Waals surface area contributed by atoms with E-state index in [2.05, 4.69) is 5.32 Å². The Morgan fingerprint density at radius 2 is 1.68 bits per heavy atom. The zero-order valence-corrected chi connectivity index (χ0v) is 15.4. The lowest BCUT2D eigenvalue weighted by molar-refractivity contribution is -0.384. The van der Waals surface area contributed by atoms with E-state index in [0.717, 1.165) is 0 Å². The van der Waals surface area contributed by atoms with E-state index >= 15 is 0 Å². The summed E-state index contributed by atoms with van der Waals surface area (Å²) in [6.07, 6.45) is 0. The van der Waals surface area contributed by atoms with Crippen LogP contribution in [0.5, 0.6) is 5.75 Å². The summed E-state index contributed by atoms with van der Waals surface area (Å²) in [4.78, 5) is 34.4. The van der Waals surface area contributed by atoms with Crippen LogP contribution in [0.2, 0.25) is 0 Å². The molecule has 12 heteroatoms. The van der Waals surface area contributed by atoms with Crippen LogP contribution in [-0.4, -0.2) is 31.8 Å². The average molecular weight is 408 g/mol. The van der Waals surface area contributed by atoms with Crippen LogP contribution in [0.25, 0.3) is 0 Å². The van der Waals surface area contributed by atoms with Crippen molar-refractivity contribution < 1.29 is 27.7 Å². The first kappa shape index (κ1) is 20.8. The number of amides is 2. The first-order chi connectivity index (χ1) is 13.2. The minimum atomic E-state index is -4.02. The molecule has 0 saturated heterocycles. The quantitative estimate of drug-likeness (QED) is 0.433. The van der Waals surface area contributed by atoms with Crippen molar-refractivity contribution in [3.63, 3.8) is 0 Å². The highest BCUT2D eigenvalue weighted by molar-refractivity contribution is 7.89. The Morgan fingerprint density at radius 1 is 1.07 bits per heavy atom. The number of carbonyl (C=O) groups excluding carboxylic acids is 2. The number of benzene rings is 2. The molecule has 0 spiro atoms. The topological polar surface area (TPSA) is 157 Å². The minimum absolute atomic E-state index is 0.127. The van der Waals surface area contributed by atoms with E-state index in [-0.39, 0.29) is 22.2 Å². The monoisotopic (exact) mass is 408 g/mol. The molecule has 0 bridgehead atoms. The Morgan fingerprint density at radius 3 is 2.21 bits per heavy atom. The van der Waals surface area contributed by atoms with Crippen molar-refractivity contribution in [3.05, 3.63) is 58.6 Å². The summed E-state index contributed by atoms with van der Waals surface area (Å²) < 4.78 is 29.4. The number of ether oxygens (including phenoxy) is 1. The summed E-state index contributed by atoms with van der Waals surface area (Å²) in [6.45, 7) is 0.808. The largest absolute Gasteiger partial charge is 0.484 e. The molecular formula is C16H16N4O7S. The molecule has 0 saturated carbocycles. The number of non-ortho nitro benzene ring substituents is 1. The number of nitrogens with one attached hydrogen (secondary N) is 3. The van der Waals surface area contributed by atoms with E-state index in [1.165, 1.54) is 55.5 Å². The molecule has 0 aliphatic rings. The summed E-state index contributed by atoms with van der Waals surface area (Å²) >= 11 is 0. The number of nitro groups is 1. The van der Waals surface area contributed by atoms with E-state index in [1.54, 1.807) is 0 Å². The number of rotatable bonds is 8. The fourth-order valence-electron chi connectivity index (χ4n) is 1.95. The third-order valence-corrected chi connectivity index (χ3v) is 4.49. The van der Waals surface area contributed by atoms with Crippen LogP contribution in [0.15, 0.2) is 53.4 Å². The molecule has 0 unspecified atom stereocenters. The number of hydrogen-bond acceptors (Lipinski definition) is 7. The van der Waals surface area contributed by atoms with Crippen LogP contribution >= 0.6 is 0 Å². The van der Waals surface area contributed by atoms with Gasteiger partial charge in [-0.1, -0.05) is 0 Å². The molecule has 2 amide bonds. The lowest BCUT2D eigenvalue weighted by Gasteiger charge is -2.10. The Bertz CT molecular complexity index is 973. The molecule has 3 N–H and O–H groups in total. The summed E-state index contributed by atoms with van der Waals surface area (Å²) in [7, 11) is -4.02. The van der Waals surface area contributed by atoms with Crippen molar-refractivity contribution >= 4 is 33.2 Å². The average Bonchev–Trinajstić information content (AvgIpc) is 2.65. The van der Waals surface area contributed by atoms with Gasteiger partial charge < -0.3 is 10.1 Å². The summed E-state index contributed by atoms with van der Waals surface area (Å²) in [5, 5.41) is 13.1. The summed E-state index contributed by atoms with van der Waals surface area (Å²) in [5.41, 5.74) is 2.28. The van der Waals surface area contributed by atoms with Gasteiger partial charge in [-0.2, -0.15) is 0 Å². The number of sulfonamides is 1. The third kappa shape index (κ3) is 6.03. The van der Waals surface area contributed by atoms with Crippen molar-refractivity contribution in [2.75, 3.05) is 11.9 Å². The highest BCUT2D eigenvalue weighted by Gasteiger charge is 2.15. The van der Waals surface area contributed by atoms with Crippen LogP contribution in [-0.2, 0) is 19.6 Å². The van der Waals surface area contributed by atoms with Crippen molar-refractivity contribution in [2.45, 2.75) is 11.8 Å². The van der Waals surface area contributed by atoms with Gasteiger partial charge in [0.05, 0.1) is 9.82 Å². The standard InChI is InChI=1S/C16H16N4O7S/c1-11(21)17-12-2-8-15(9-3-12)28(25,26)19-18-16(22)10-27-14-6-4-13(5-7-14)20(23)24/h2-9,19H,10H2,1H3,(H,17,21)(H,18,22). The van der Waals surface area contributed by atoms with E-state index in [0.29, 0.717) is 5.69 Å². The molecule has 28 heavy (non-hydrogen) atoms. The van der Waals surface area contributed by atoms with Crippen LogP contribution in [0, 0.1) is 10.1 Å². The predicted molar refractivity (Wildman–Crippen MR) is 97.8 cm³/mol. The molecule has 0 heterocycles. The SMILES string of the molecule is CC(=O)Nc1ccc(S(=O)(=O)NNC(=O)COc2ccc([N+](=O)[O-])cc2)cc1. The number of anilines is 1. The Labute approximate surface area is 159 Å². The second kappa shape index (κ2) is 8.92. The van der Waals surface area contributed by atoms with Gasteiger partial charge in [-0.15, -0.1) is 4.83 Å².